The predicted molar refractivity (Wildman–Crippen MR) is 82.9 cm³/mol. The van der Waals surface area contributed by atoms with Gasteiger partial charge in [0.1, 0.15) is 0 Å². The average molecular weight is 278 g/mol. The molecule has 4 heteroatoms. The molecule has 0 heterocycles. The molecule has 0 aliphatic rings. The second-order valence-electron chi connectivity index (χ2n) is 5.61. The smallest absolute Gasteiger partial charge is 0.321 e. The van der Waals surface area contributed by atoms with Crippen molar-refractivity contribution in [2.75, 3.05) is 19.5 Å². The maximum absolute atomic E-state index is 12.3. The first-order valence-electron chi connectivity index (χ1n) is 7.06. The van der Waals surface area contributed by atoms with Crippen molar-refractivity contribution in [1.82, 2.24) is 4.90 Å². The van der Waals surface area contributed by atoms with Gasteiger partial charge in [-0.05, 0) is 25.3 Å². The Labute approximate surface area is 122 Å². The number of ether oxygens (including phenoxy) is 1. The topological polar surface area (TPSA) is 41.6 Å². The van der Waals surface area contributed by atoms with Gasteiger partial charge in [-0.2, -0.15) is 0 Å². The van der Waals surface area contributed by atoms with E-state index >= 15 is 0 Å². The van der Waals surface area contributed by atoms with Crippen molar-refractivity contribution < 1.29 is 9.53 Å². The van der Waals surface area contributed by atoms with Crippen LogP contribution in [0.25, 0.3) is 0 Å². The number of nitrogens with zero attached hydrogens (tertiary/aromatic N) is 1. The van der Waals surface area contributed by atoms with Gasteiger partial charge < -0.3 is 15.0 Å². The van der Waals surface area contributed by atoms with E-state index in [1.54, 1.807) is 12.0 Å². The van der Waals surface area contributed by atoms with Crippen molar-refractivity contribution in [3.05, 3.63) is 29.8 Å². The zero-order valence-corrected chi connectivity index (χ0v) is 13.1. The largest absolute Gasteiger partial charge is 0.380 e. The van der Waals surface area contributed by atoms with Gasteiger partial charge in [0, 0.05) is 31.5 Å². The maximum Gasteiger partial charge on any atom is 0.321 e. The fourth-order valence-corrected chi connectivity index (χ4v) is 2.17. The zero-order chi connectivity index (χ0) is 15.1. The molecule has 0 bridgehead atoms. The van der Waals surface area contributed by atoms with E-state index in [9.17, 15) is 4.79 Å². The number of anilines is 1. The lowest BCUT2D eigenvalue weighted by atomic mass is 10.0. The molecule has 112 valence electrons. The van der Waals surface area contributed by atoms with Crippen molar-refractivity contribution in [3.8, 4) is 0 Å². The summed E-state index contributed by atoms with van der Waals surface area (Å²) in [5, 5.41) is 2.96. The standard InChI is InChI=1S/C16H26N2O2/c1-12(2)10-13(3)18(4)16(19)17-15-9-7-6-8-14(15)11-20-5/h6-9,12-13H,10-11H2,1-5H3,(H,17,19)/t13-/m1/s1. The van der Waals surface area contributed by atoms with Crippen molar-refractivity contribution >= 4 is 11.7 Å². The van der Waals surface area contributed by atoms with Gasteiger partial charge in [-0.1, -0.05) is 32.0 Å². The molecule has 0 saturated carbocycles. The number of benzene rings is 1. The molecule has 0 aliphatic heterocycles. The third-order valence-electron chi connectivity index (χ3n) is 3.35. The Morgan fingerprint density at radius 1 is 1.30 bits per heavy atom. The Morgan fingerprint density at radius 3 is 2.55 bits per heavy atom. The summed E-state index contributed by atoms with van der Waals surface area (Å²) in [6.45, 7) is 6.88. The molecule has 0 spiro atoms. The molecule has 20 heavy (non-hydrogen) atoms. The lowest BCUT2D eigenvalue weighted by molar-refractivity contribution is 0.185. The lowest BCUT2D eigenvalue weighted by Crippen LogP contribution is -2.39. The van der Waals surface area contributed by atoms with E-state index in [0.717, 1.165) is 17.7 Å². The molecular formula is C16H26N2O2. The van der Waals surface area contributed by atoms with Crippen LogP contribution >= 0.6 is 0 Å². The molecule has 1 aromatic carbocycles. The average Bonchev–Trinajstić information content (AvgIpc) is 2.39. The van der Waals surface area contributed by atoms with Crippen LogP contribution < -0.4 is 5.32 Å². The van der Waals surface area contributed by atoms with Crippen LogP contribution in [0.1, 0.15) is 32.8 Å². The second kappa shape index (κ2) is 7.90. The summed E-state index contributed by atoms with van der Waals surface area (Å²) in [5.41, 5.74) is 1.79. The van der Waals surface area contributed by atoms with E-state index in [2.05, 4.69) is 26.1 Å². The molecule has 0 fully saturated rings. The van der Waals surface area contributed by atoms with Crippen LogP contribution in [0.4, 0.5) is 10.5 Å². The third kappa shape index (κ3) is 4.85. The molecule has 0 radical (unpaired) electrons. The van der Waals surface area contributed by atoms with Crippen LogP contribution in [-0.4, -0.2) is 31.1 Å². The van der Waals surface area contributed by atoms with E-state index < -0.39 is 0 Å². The molecule has 0 aliphatic carbocycles. The van der Waals surface area contributed by atoms with Crippen LogP contribution in [0.3, 0.4) is 0 Å². The highest BCUT2D eigenvalue weighted by Gasteiger charge is 2.17. The minimum atomic E-state index is -0.0818. The molecule has 0 aromatic heterocycles. The van der Waals surface area contributed by atoms with E-state index in [4.69, 9.17) is 4.74 Å². The van der Waals surface area contributed by atoms with E-state index in [1.165, 1.54) is 0 Å². The van der Waals surface area contributed by atoms with E-state index in [-0.39, 0.29) is 12.1 Å². The molecule has 0 saturated heterocycles. The summed E-state index contributed by atoms with van der Waals surface area (Å²) in [6, 6.07) is 7.83. The van der Waals surface area contributed by atoms with Gasteiger partial charge in [0.25, 0.3) is 0 Å². The number of hydrogen-bond donors (Lipinski definition) is 1. The number of methoxy groups -OCH3 is 1. The van der Waals surface area contributed by atoms with Crippen LogP contribution in [-0.2, 0) is 11.3 Å². The van der Waals surface area contributed by atoms with Crippen molar-refractivity contribution in [1.29, 1.82) is 0 Å². The van der Waals surface area contributed by atoms with Gasteiger partial charge >= 0.3 is 6.03 Å². The fraction of sp³-hybridized carbons (Fsp3) is 0.562. The monoisotopic (exact) mass is 278 g/mol. The molecular weight excluding hydrogens is 252 g/mol. The first-order valence-corrected chi connectivity index (χ1v) is 7.06. The number of nitrogens with one attached hydrogen (secondary N) is 1. The molecule has 1 aromatic rings. The minimum Gasteiger partial charge on any atom is -0.380 e. The van der Waals surface area contributed by atoms with Crippen LogP contribution in [0.2, 0.25) is 0 Å². The number of carbonyl (C=O) groups is 1. The van der Waals surface area contributed by atoms with Gasteiger partial charge in [-0.3, -0.25) is 0 Å². The number of hydrogen-bond acceptors (Lipinski definition) is 2. The first-order chi connectivity index (χ1) is 9.45. The Morgan fingerprint density at radius 2 is 1.95 bits per heavy atom. The zero-order valence-electron chi connectivity index (χ0n) is 13.1. The molecule has 2 amide bonds. The van der Waals surface area contributed by atoms with Gasteiger partial charge in [0.2, 0.25) is 0 Å². The van der Waals surface area contributed by atoms with Crippen LogP contribution in [0, 0.1) is 5.92 Å². The van der Waals surface area contributed by atoms with E-state index in [1.807, 2.05) is 31.3 Å². The van der Waals surface area contributed by atoms with Gasteiger partial charge in [-0.25, -0.2) is 4.79 Å². The Balaban J connectivity index is 2.70. The summed E-state index contributed by atoms with van der Waals surface area (Å²) in [6.07, 6.45) is 0.990. The highest BCUT2D eigenvalue weighted by molar-refractivity contribution is 5.90. The van der Waals surface area contributed by atoms with Crippen molar-refractivity contribution in [2.45, 2.75) is 39.8 Å². The van der Waals surface area contributed by atoms with Crippen LogP contribution in [0.15, 0.2) is 24.3 Å². The summed E-state index contributed by atoms with van der Waals surface area (Å²) < 4.78 is 5.15. The van der Waals surface area contributed by atoms with Gasteiger partial charge in [0.15, 0.2) is 0 Å². The minimum absolute atomic E-state index is 0.0818. The molecule has 4 nitrogen and oxygen atoms in total. The molecule has 0 unspecified atom stereocenters. The highest BCUT2D eigenvalue weighted by Crippen LogP contribution is 2.17. The van der Waals surface area contributed by atoms with Crippen molar-refractivity contribution in [3.63, 3.8) is 0 Å². The summed E-state index contributed by atoms with van der Waals surface area (Å²) in [7, 11) is 3.48. The van der Waals surface area contributed by atoms with Crippen molar-refractivity contribution in [2.24, 2.45) is 5.92 Å². The Bertz CT molecular complexity index is 432. The number of amides is 2. The van der Waals surface area contributed by atoms with Crippen LogP contribution in [0.5, 0.6) is 0 Å². The van der Waals surface area contributed by atoms with Gasteiger partial charge in [0.05, 0.1) is 6.61 Å². The number of carbonyl (C=O) groups excluding carboxylic acids is 1. The number of para-hydroxylation sites is 1. The third-order valence-corrected chi connectivity index (χ3v) is 3.35. The Hall–Kier alpha value is -1.55. The SMILES string of the molecule is COCc1ccccc1NC(=O)N(C)[C@H](C)CC(C)C. The molecule has 1 rings (SSSR count). The fourth-order valence-electron chi connectivity index (χ4n) is 2.17. The normalized spacial score (nSPS) is 12.3. The summed E-state index contributed by atoms with van der Waals surface area (Å²) >= 11 is 0. The second-order valence-corrected chi connectivity index (χ2v) is 5.61. The molecule has 1 N–H and O–H groups in total. The van der Waals surface area contributed by atoms with E-state index in [0.29, 0.717) is 12.5 Å². The summed E-state index contributed by atoms with van der Waals surface area (Å²) in [4.78, 5) is 14.0. The first kappa shape index (κ1) is 16.5. The highest BCUT2D eigenvalue weighted by atomic mass is 16.5. The Kier molecular flexibility index (Phi) is 6.52. The maximum atomic E-state index is 12.3. The van der Waals surface area contributed by atoms with Gasteiger partial charge in [-0.15, -0.1) is 0 Å². The number of urea groups is 1. The number of rotatable bonds is 6. The predicted octanol–water partition coefficient (Wildman–Crippen LogP) is 3.73. The lowest BCUT2D eigenvalue weighted by Gasteiger charge is -2.27. The summed E-state index contributed by atoms with van der Waals surface area (Å²) in [5.74, 6) is 0.570. The molecule has 1 atom stereocenters. The quantitative estimate of drug-likeness (QED) is 0.861.